The van der Waals surface area contributed by atoms with Gasteiger partial charge in [0.05, 0.1) is 5.69 Å². The fourth-order valence-electron chi connectivity index (χ4n) is 10.6. The number of anilines is 6. The Labute approximate surface area is 388 Å². The summed E-state index contributed by atoms with van der Waals surface area (Å²) in [5.41, 5.74) is 19.7. The Morgan fingerprint density at radius 3 is 1.50 bits per heavy atom. The molecule has 0 fully saturated rings. The van der Waals surface area contributed by atoms with E-state index in [4.69, 9.17) is 0 Å². The first-order chi connectivity index (χ1) is 29.9. The molecule has 334 valence electrons. The van der Waals surface area contributed by atoms with Gasteiger partial charge in [0.15, 0.2) is 0 Å². The van der Waals surface area contributed by atoms with Crippen molar-refractivity contribution in [1.29, 1.82) is 0 Å². The van der Waals surface area contributed by atoms with Gasteiger partial charge in [-0.2, -0.15) is 0 Å². The van der Waals surface area contributed by atoms with Crippen LogP contribution in [-0.2, 0) is 32.5 Å². The van der Waals surface area contributed by atoms with Gasteiger partial charge < -0.3 is 9.80 Å². The molecule has 5 aromatic rings. The Hall–Kier alpha value is -5.08. The second kappa shape index (κ2) is 16.1. The molecule has 0 saturated carbocycles. The first-order valence-electron chi connectivity index (χ1n) is 24.2. The fourth-order valence-corrected chi connectivity index (χ4v) is 10.6. The zero-order valence-electron chi connectivity index (χ0n) is 42.1. The average Bonchev–Trinajstić information content (AvgIpc) is 3.51. The molecule has 0 saturated heterocycles. The molecular formula is C62H76N2. The molecule has 0 heterocycles. The summed E-state index contributed by atoms with van der Waals surface area (Å²) in [5, 5.41) is 0. The second-order valence-corrected chi connectivity index (χ2v) is 24.2. The lowest BCUT2D eigenvalue weighted by atomic mass is 9.63. The van der Waals surface area contributed by atoms with E-state index in [1.54, 1.807) is 0 Å². The molecule has 0 radical (unpaired) electrons. The van der Waals surface area contributed by atoms with Gasteiger partial charge in [-0.25, -0.2) is 0 Å². The molecule has 0 spiro atoms. The summed E-state index contributed by atoms with van der Waals surface area (Å²) in [5.74, 6) is 0. The van der Waals surface area contributed by atoms with E-state index in [0.29, 0.717) is 0 Å². The summed E-state index contributed by atoms with van der Waals surface area (Å²) in [4.78, 5) is 5.11. The van der Waals surface area contributed by atoms with Gasteiger partial charge in [0.2, 0.25) is 0 Å². The molecule has 8 rings (SSSR count). The van der Waals surface area contributed by atoms with E-state index in [2.05, 4.69) is 241 Å². The Bertz CT molecular complexity index is 2600. The Morgan fingerprint density at radius 2 is 0.953 bits per heavy atom. The van der Waals surface area contributed by atoms with Gasteiger partial charge in [-0.05, 0) is 183 Å². The number of hydrogen-bond donors (Lipinski definition) is 0. The maximum absolute atomic E-state index is 2.57. The van der Waals surface area contributed by atoms with Crippen molar-refractivity contribution in [2.45, 2.75) is 168 Å². The number of aryl methyl sites for hydroxylation is 1. The molecule has 2 heteroatoms. The number of fused-ring (bicyclic) bond motifs is 2. The minimum absolute atomic E-state index is 0.00810. The van der Waals surface area contributed by atoms with Crippen molar-refractivity contribution in [3.63, 3.8) is 0 Å². The number of hydrogen-bond acceptors (Lipinski definition) is 2. The molecule has 2 nitrogen and oxygen atoms in total. The van der Waals surface area contributed by atoms with Crippen molar-refractivity contribution in [2.75, 3.05) is 9.80 Å². The molecule has 0 amide bonds. The van der Waals surface area contributed by atoms with Crippen molar-refractivity contribution >= 4 is 39.7 Å². The maximum Gasteiger partial charge on any atom is 0.0540 e. The third kappa shape index (κ3) is 8.71. The third-order valence-corrected chi connectivity index (χ3v) is 15.1. The van der Waals surface area contributed by atoms with Gasteiger partial charge in [0.25, 0.3) is 0 Å². The van der Waals surface area contributed by atoms with Crippen LogP contribution in [0.5, 0.6) is 0 Å². The van der Waals surface area contributed by atoms with E-state index in [0.717, 1.165) is 17.8 Å². The Balaban J connectivity index is 1.41. The maximum atomic E-state index is 2.57. The molecule has 0 unspecified atom stereocenters. The topological polar surface area (TPSA) is 6.48 Å². The van der Waals surface area contributed by atoms with E-state index in [1.807, 2.05) is 0 Å². The molecule has 0 aliphatic heterocycles. The summed E-state index contributed by atoms with van der Waals surface area (Å²) in [7, 11) is 0. The quantitative estimate of drug-likeness (QED) is 0.161. The van der Waals surface area contributed by atoms with E-state index < -0.39 is 0 Å². The number of allylic oxidation sites excluding steroid dienone is 6. The van der Waals surface area contributed by atoms with E-state index in [-0.39, 0.29) is 32.5 Å². The summed E-state index contributed by atoms with van der Waals surface area (Å²) in [6.45, 7) is 35.7. The third-order valence-electron chi connectivity index (χ3n) is 15.1. The van der Waals surface area contributed by atoms with Crippen LogP contribution in [0.4, 0.5) is 34.1 Å². The molecule has 0 aromatic heterocycles. The summed E-state index contributed by atoms with van der Waals surface area (Å²) >= 11 is 0. The predicted molar refractivity (Wildman–Crippen MR) is 279 cm³/mol. The van der Waals surface area contributed by atoms with Crippen LogP contribution < -0.4 is 9.80 Å². The van der Waals surface area contributed by atoms with Gasteiger partial charge >= 0.3 is 0 Å². The van der Waals surface area contributed by atoms with Crippen molar-refractivity contribution in [3.05, 3.63) is 172 Å². The molecule has 0 atom stereocenters. The minimum Gasteiger partial charge on any atom is -0.310 e. The fraction of sp³-hybridized carbons (Fsp3) is 0.419. The normalized spacial score (nSPS) is 18.4. The smallest absolute Gasteiger partial charge is 0.0540 e. The molecule has 0 bridgehead atoms. The van der Waals surface area contributed by atoms with Crippen molar-refractivity contribution in [1.82, 2.24) is 0 Å². The van der Waals surface area contributed by atoms with Crippen LogP contribution in [-0.4, -0.2) is 0 Å². The number of benzene rings is 5. The Kier molecular flexibility index (Phi) is 11.5. The zero-order chi connectivity index (χ0) is 46.2. The highest BCUT2D eigenvalue weighted by Gasteiger charge is 2.39. The first-order valence-corrected chi connectivity index (χ1v) is 24.2. The molecule has 3 aliphatic rings. The van der Waals surface area contributed by atoms with Crippen molar-refractivity contribution in [2.24, 2.45) is 0 Å². The van der Waals surface area contributed by atoms with Crippen LogP contribution in [0.15, 0.2) is 127 Å². The number of nitrogens with zero attached hydrogens (tertiary/aromatic N) is 2. The van der Waals surface area contributed by atoms with Crippen LogP contribution in [0.3, 0.4) is 0 Å². The van der Waals surface area contributed by atoms with Crippen LogP contribution in [0.2, 0.25) is 0 Å². The molecular weight excluding hydrogens is 773 g/mol. The minimum atomic E-state index is -0.0169. The van der Waals surface area contributed by atoms with Crippen LogP contribution in [0, 0.1) is 6.92 Å². The number of rotatable bonds is 7. The van der Waals surface area contributed by atoms with Crippen molar-refractivity contribution in [3.8, 4) is 0 Å². The second-order valence-electron chi connectivity index (χ2n) is 24.2. The molecule has 64 heavy (non-hydrogen) atoms. The Morgan fingerprint density at radius 1 is 0.453 bits per heavy atom. The highest BCUT2D eigenvalue weighted by Crippen LogP contribution is 2.52. The lowest BCUT2D eigenvalue weighted by Gasteiger charge is -2.43. The molecule has 3 aliphatic carbocycles. The predicted octanol–water partition coefficient (Wildman–Crippen LogP) is 18.1. The van der Waals surface area contributed by atoms with Crippen LogP contribution >= 0.6 is 0 Å². The largest absolute Gasteiger partial charge is 0.310 e. The summed E-state index contributed by atoms with van der Waals surface area (Å²) in [6.07, 6.45) is 16.9. The lowest BCUT2D eigenvalue weighted by molar-refractivity contribution is 0.332. The monoisotopic (exact) mass is 849 g/mol. The molecule has 5 aromatic carbocycles. The van der Waals surface area contributed by atoms with Crippen LogP contribution in [0.1, 0.15) is 174 Å². The standard InChI is InChI=1S/C62H76N2/c1-42-35-49(63(47-26-28-52-54(40-47)61(12,13)33-31-59(52,8)9)48-27-29-53-55(41-48)62(14,15)34-32-60(53,10)11)39-50(36-42)64(46-24-20-23-44(37-46)57(2,3)4)56-30-25-45(58(5,6)7)38-51(56)43-21-18-16-17-19-22-43/h16-18,20-30,35-41H,19,31-34H2,1-15H3. The van der Waals surface area contributed by atoms with Gasteiger partial charge in [-0.1, -0.05) is 158 Å². The SMILES string of the molecule is Cc1cc(N(c2ccc3c(c2)C(C)(C)CCC3(C)C)c2ccc3c(c2)C(C)(C)CCC3(C)C)cc(N(c2cccc(C(C)(C)C)c2)c2ccc(C(C)(C)C)cc2C2=CCC=CC=C2)c1. The average molecular weight is 849 g/mol. The highest BCUT2D eigenvalue weighted by atomic mass is 15.2. The molecule has 0 N–H and O–H groups in total. The van der Waals surface area contributed by atoms with Gasteiger partial charge in [0.1, 0.15) is 0 Å². The van der Waals surface area contributed by atoms with E-state index in [9.17, 15) is 0 Å². The van der Waals surface area contributed by atoms with Gasteiger partial charge in [-0.3, -0.25) is 0 Å². The van der Waals surface area contributed by atoms with E-state index >= 15 is 0 Å². The lowest BCUT2D eigenvalue weighted by Crippen LogP contribution is -2.34. The van der Waals surface area contributed by atoms with Gasteiger partial charge in [-0.15, -0.1) is 0 Å². The summed E-state index contributed by atoms with van der Waals surface area (Å²) in [6, 6.07) is 38.5. The summed E-state index contributed by atoms with van der Waals surface area (Å²) < 4.78 is 0. The van der Waals surface area contributed by atoms with Gasteiger partial charge in [0, 0.05) is 34.0 Å². The zero-order valence-corrected chi connectivity index (χ0v) is 42.1. The van der Waals surface area contributed by atoms with E-state index in [1.165, 1.54) is 98.5 Å². The first kappa shape index (κ1) is 45.5. The van der Waals surface area contributed by atoms with Crippen molar-refractivity contribution < 1.29 is 0 Å². The highest BCUT2D eigenvalue weighted by molar-refractivity contribution is 5.91. The van der Waals surface area contributed by atoms with Crippen LogP contribution in [0.25, 0.3) is 5.57 Å².